The number of amides is 1. The molecule has 8 heteroatoms. The fourth-order valence-corrected chi connectivity index (χ4v) is 5.51. The Morgan fingerprint density at radius 2 is 1.85 bits per heavy atom. The van der Waals surface area contributed by atoms with Crippen molar-refractivity contribution in [3.8, 4) is 5.75 Å². The van der Waals surface area contributed by atoms with E-state index in [1.807, 2.05) is 24.3 Å². The zero-order valence-corrected chi connectivity index (χ0v) is 20.2. The molecule has 0 saturated carbocycles. The summed E-state index contributed by atoms with van der Waals surface area (Å²) in [6, 6.07) is 10.3. The lowest BCUT2D eigenvalue weighted by Gasteiger charge is -2.18. The lowest BCUT2D eigenvalue weighted by atomic mass is 9.88. The van der Waals surface area contributed by atoms with Crippen molar-refractivity contribution in [3.05, 3.63) is 58.0 Å². The quantitative estimate of drug-likeness (QED) is 0.476. The third-order valence-corrected chi connectivity index (χ3v) is 6.90. The molecule has 0 bridgehead atoms. The minimum atomic E-state index is -0.808. The first-order chi connectivity index (χ1) is 16.2. The zero-order valence-electron chi connectivity index (χ0n) is 19.3. The zero-order chi connectivity index (χ0) is 24.4. The molecule has 1 unspecified atom stereocenters. The predicted octanol–water partition coefficient (Wildman–Crippen LogP) is 5.09. The van der Waals surface area contributed by atoms with Gasteiger partial charge in [-0.3, -0.25) is 4.79 Å². The molecule has 7 nitrogen and oxygen atoms in total. The molecule has 2 N–H and O–H groups in total. The van der Waals surface area contributed by atoms with Gasteiger partial charge in [0.15, 0.2) is 6.61 Å². The summed E-state index contributed by atoms with van der Waals surface area (Å²) in [7, 11) is 0. The largest absolute Gasteiger partial charge is 0.507 e. The molecule has 2 aromatic carbocycles. The molecule has 1 atom stereocenters. The third kappa shape index (κ3) is 5.07. The Morgan fingerprint density at radius 3 is 2.56 bits per heavy atom. The van der Waals surface area contributed by atoms with Gasteiger partial charge in [0.1, 0.15) is 16.3 Å². The van der Waals surface area contributed by atoms with Crippen molar-refractivity contribution in [2.45, 2.75) is 46.1 Å². The number of fused-ring (bicyclic) bond motifs is 2. The fourth-order valence-electron chi connectivity index (χ4n) is 4.09. The summed E-state index contributed by atoms with van der Waals surface area (Å²) in [5.74, 6) is -1.56. The van der Waals surface area contributed by atoms with Gasteiger partial charge >= 0.3 is 11.9 Å². The van der Waals surface area contributed by atoms with Crippen LogP contribution in [0.15, 0.2) is 36.4 Å². The molecule has 3 aromatic rings. The highest BCUT2D eigenvalue weighted by Gasteiger charge is 2.30. The molecule has 0 spiro atoms. The first kappa shape index (κ1) is 23.8. The maximum atomic E-state index is 12.8. The van der Waals surface area contributed by atoms with E-state index in [-0.39, 0.29) is 17.4 Å². The summed E-state index contributed by atoms with van der Waals surface area (Å²) < 4.78 is 10.6. The summed E-state index contributed by atoms with van der Waals surface area (Å²) in [6.45, 7) is 5.16. The highest BCUT2D eigenvalue weighted by atomic mass is 32.1. The van der Waals surface area contributed by atoms with Crippen LogP contribution in [-0.4, -0.2) is 35.7 Å². The second-order valence-corrected chi connectivity index (χ2v) is 9.96. The molecule has 1 heterocycles. The van der Waals surface area contributed by atoms with Gasteiger partial charge in [-0.1, -0.05) is 31.2 Å². The van der Waals surface area contributed by atoms with Gasteiger partial charge in [0.2, 0.25) is 0 Å². The van der Waals surface area contributed by atoms with E-state index in [0.29, 0.717) is 16.5 Å². The summed E-state index contributed by atoms with van der Waals surface area (Å²) in [5, 5.41) is 14.9. The van der Waals surface area contributed by atoms with Gasteiger partial charge in [0.25, 0.3) is 5.91 Å². The van der Waals surface area contributed by atoms with E-state index in [9.17, 15) is 19.5 Å². The SMILES string of the molecule is CC1CCc2c(sc(NC(=O)COC(=O)c3cc4ccccc4cc3O)c2C(=O)OC(C)C)C1. The molecule has 1 aromatic heterocycles. The number of hydrogen-bond donors (Lipinski definition) is 2. The summed E-state index contributed by atoms with van der Waals surface area (Å²) >= 11 is 1.37. The highest BCUT2D eigenvalue weighted by Crippen LogP contribution is 2.40. The number of benzene rings is 2. The molecule has 34 heavy (non-hydrogen) atoms. The van der Waals surface area contributed by atoms with Gasteiger partial charge < -0.3 is 19.9 Å². The van der Waals surface area contributed by atoms with Crippen molar-refractivity contribution in [1.29, 1.82) is 0 Å². The van der Waals surface area contributed by atoms with Crippen molar-refractivity contribution >= 4 is 45.0 Å². The monoisotopic (exact) mass is 481 g/mol. The van der Waals surface area contributed by atoms with Gasteiger partial charge in [-0.25, -0.2) is 9.59 Å². The number of phenolic OH excluding ortho intramolecular Hbond substituents is 1. The molecule has 1 amide bonds. The number of rotatable bonds is 6. The molecule has 0 fully saturated rings. The van der Waals surface area contributed by atoms with E-state index in [4.69, 9.17) is 9.47 Å². The van der Waals surface area contributed by atoms with E-state index < -0.39 is 24.5 Å². The van der Waals surface area contributed by atoms with Crippen molar-refractivity contribution in [3.63, 3.8) is 0 Å². The molecule has 178 valence electrons. The first-order valence-electron chi connectivity index (χ1n) is 11.3. The lowest BCUT2D eigenvalue weighted by Crippen LogP contribution is -2.22. The van der Waals surface area contributed by atoms with Crippen molar-refractivity contribution in [2.75, 3.05) is 11.9 Å². The molecule has 0 radical (unpaired) electrons. The van der Waals surface area contributed by atoms with Gasteiger partial charge in [-0.15, -0.1) is 11.3 Å². The minimum absolute atomic E-state index is 0.0201. The molecule has 4 rings (SSSR count). The number of aromatic hydroxyl groups is 1. The Labute approximate surface area is 201 Å². The highest BCUT2D eigenvalue weighted by molar-refractivity contribution is 7.17. The van der Waals surface area contributed by atoms with Crippen LogP contribution >= 0.6 is 11.3 Å². The van der Waals surface area contributed by atoms with Crippen LogP contribution in [-0.2, 0) is 27.1 Å². The Kier molecular flexibility index (Phi) is 6.88. The van der Waals surface area contributed by atoms with Crippen LogP contribution in [0.5, 0.6) is 5.75 Å². The normalized spacial score (nSPS) is 15.1. The van der Waals surface area contributed by atoms with Gasteiger partial charge in [0.05, 0.1) is 11.7 Å². The average molecular weight is 482 g/mol. The van der Waals surface area contributed by atoms with Gasteiger partial charge in [-0.2, -0.15) is 0 Å². The lowest BCUT2D eigenvalue weighted by molar-refractivity contribution is -0.119. The predicted molar refractivity (Wildman–Crippen MR) is 131 cm³/mol. The maximum Gasteiger partial charge on any atom is 0.342 e. The van der Waals surface area contributed by atoms with E-state index in [2.05, 4.69) is 12.2 Å². The Hall–Kier alpha value is -3.39. The van der Waals surface area contributed by atoms with Crippen LogP contribution in [0, 0.1) is 5.92 Å². The van der Waals surface area contributed by atoms with Gasteiger partial charge in [0, 0.05) is 4.88 Å². The molecular weight excluding hydrogens is 454 g/mol. The molecule has 1 aliphatic carbocycles. The Balaban J connectivity index is 1.48. The summed E-state index contributed by atoms with van der Waals surface area (Å²) in [5.41, 5.74) is 1.31. The van der Waals surface area contributed by atoms with E-state index in [0.717, 1.165) is 40.5 Å². The number of ether oxygens (including phenoxy) is 2. The number of anilines is 1. The van der Waals surface area contributed by atoms with Crippen LogP contribution in [0.3, 0.4) is 0 Å². The standard InChI is InChI=1S/C26H27NO6S/c1-14(2)33-26(31)23-18-9-8-15(3)10-21(18)34-24(23)27-22(29)13-32-25(30)19-11-16-6-4-5-7-17(16)12-20(19)28/h4-7,11-12,14-15,28H,8-10,13H2,1-3H3,(H,27,29). The topological polar surface area (TPSA) is 102 Å². The van der Waals surface area contributed by atoms with Crippen LogP contribution in [0.1, 0.15) is 58.3 Å². The molecule has 1 aliphatic rings. The molecule has 0 saturated heterocycles. The number of hydrogen-bond acceptors (Lipinski definition) is 7. The smallest absolute Gasteiger partial charge is 0.342 e. The van der Waals surface area contributed by atoms with Crippen LogP contribution < -0.4 is 5.32 Å². The second kappa shape index (κ2) is 9.85. The number of carbonyl (C=O) groups is 3. The fraction of sp³-hybridized carbons (Fsp3) is 0.346. The van der Waals surface area contributed by atoms with Crippen molar-refractivity contribution < 1.29 is 29.0 Å². The van der Waals surface area contributed by atoms with Crippen LogP contribution in [0.4, 0.5) is 5.00 Å². The number of nitrogens with one attached hydrogen (secondary N) is 1. The van der Waals surface area contributed by atoms with Crippen molar-refractivity contribution in [2.24, 2.45) is 5.92 Å². The van der Waals surface area contributed by atoms with E-state index in [1.165, 1.54) is 23.5 Å². The third-order valence-electron chi connectivity index (χ3n) is 5.73. The Bertz CT molecular complexity index is 1260. The summed E-state index contributed by atoms with van der Waals surface area (Å²) in [6.07, 6.45) is 2.27. The number of esters is 2. The van der Waals surface area contributed by atoms with Crippen LogP contribution in [0.25, 0.3) is 10.8 Å². The minimum Gasteiger partial charge on any atom is -0.507 e. The van der Waals surface area contributed by atoms with Gasteiger partial charge in [-0.05, 0) is 67.5 Å². The number of phenols is 1. The van der Waals surface area contributed by atoms with E-state index in [1.54, 1.807) is 13.8 Å². The van der Waals surface area contributed by atoms with Crippen LogP contribution in [0.2, 0.25) is 0 Å². The van der Waals surface area contributed by atoms with E-state index >= 15 is 0 Å². The maximum absolute atomic E-state index is 12.8. The average Bonchev–Trinajstić information content (AvgIpc) is 3.13. The molecule has 0 aliphatic heterocycles. The number of thiophene rings is 1. The molecular formula is C26H27NO6S. The second-order valence-electron chi connectivity index (χ2n) is 8.85. The summed E-state index contributed by atoms with van der Waals surface area (Å²) in [4.78, 5) is 39.0. The first-order valence-corrected chi connectivity index (χ1v) is 12.1. The Morgan fingerprint density at radius 1 is 1.15 bits per heavy atom. The number of carbonyl (C=O) groups excluding carboxylic acids is 3. The van der Waals surface area contributed by atoms with Crippen molar-refractivity contribution in [1.82, 2.24) is 0 Å².